The van der Waals surface area contributed by atoms with Gasteiger partial charge in [-0.2, -0.15) is 65.9 Å². The summed E-state index contributed by atoms with van der Waals surface area (Å²) in [5.74, 6) is -49.5. The van der Waals surface area contributed by atoms with Crippen molar-refractivity contribution in [2.24, 2.45) is 0 Å². The largest absolute Gasteiger partial charge is 0.480 e. The molecule has 1 atom stereocenters. The van der Waals surface area contributed by atoms with Gasteiger partial charge < -0.3 is 5.11 Å². The Morgan fingerprint density at radius 3 is 1.21 bits per heavy atom. The third-order valence-electron chi connectivity index (χ3n) is 3.10. The Balaban J connectivity index is 6.43. The summed E-state index contributed by atoms with van der Waals surface area (Å²) < 4.78 is 189. The fraction of sp³-hybridized carbons (Fsp3) is 0.900. The number of carboxylic acids is 1. The van der Waals surface area contributed by atoms with Gasteiger partial charge in [-0.3, -0.25) is 4.79 Å². The van der Waals surface area contributed by atoms with Crippen LogP contribution in [-0.4, -0.2) is 56.7 Å². The Morgan fingerprint density at radius 1 is 0.643 bits per heavy atom. The molecule has 0 aliphatic carbocycles. The number of carbonyl (C=O) groups is 1. The zero-order chi connectivity index (χ0) is 23.4. The van der Waals surface area contributed by atoms with E-state index in [9.17, 15) is 70.7 Å². The van der Waals surface area contributed by atoms with Crippen LogP contribution in [0.1, 0.15) is 6.42 Å². The highest BCUT2D eigenvalue weighted by molar-refractivity contribution is 14.1. The summed E-state index contributed by atoms with van der Waals surface area (Å²) in [6.07, 6.45) is -10.5. The molecular formula is C10H4F15IO2. The van der Waals surface area contributed by atoms with Gasteiger partial charge in [-0.1, -0.05) is 22.6 Å². The van der Waals surface area contributed by atoms with Gasteiger partial charge in [0.2, 0.25) is 0 Å². The molecule has 0 rings (SSSR count). The Morgan fingerprint density at radius 2 is 0.929 bits per heavy atom. The van der Waals surface area contributed by atoms with Crippen molar-refractivity contribution >= 4 is 28.6 Å². The van der Waals surface area contributed by atoms with E-state index in [0.29, 0.717) is 22.6 Å². The standard InChI is InChI=1S/C10H4F15IO2/c11-4(12,1-2(26)3(27)28)5(13,14)6(15,16)7(17,18)8(19,20)9(21,22)10(23,24)25/h2H,1H2,(H,27,28). The van der Waals surface area contributed by atoms with Crippen LogP contribution in [0.5, 0.6) is 0 Å². The highest BCUT2D eigenvalue weighted by Crippen LogP contribution is 2.62. The monoisotopic (exact) mass is 568 g/mol. The molecule has 0 aromatic rings. The number of alkyl halides is 16. The smallest absolute Gasteiger partial charge is 0.460 e. The molecule has 0 amide bonds. The van der Waals surface area contributed by atoms with Gasteiger partial charge in [-0.15, -0.1) is 0 Å². The van der Waals surface area contributed by atoms with Crippen LogP contribution >= 0.6 is 22.6 Å². The lowest BCUT2D eigenvalue weighted by Crippen LogP contribution is -2.72. The molecule has 1 unspecified atom stereocenters. The maximum Gasteiger partial charge on any atom is 0.460 e. The van der Waals surface area contributed by atoms with Gasteiger partial charge in [0, 0.05) is 6.42 Å². The lowest BCUT2D eigenvalue weighted by Gasteiger charge is -2.41. The molecule has 0 aliphatic heterocycles. The molecule has 0 saturated heterocycles. The zero-order valence-corrected chi connectivity index (χ0v) is 14.3. The molecule has 18 heteroatoms. The third kappa shape index (κ3) is 3.80. The number of hydrogen-bond acceptors (Lipinski definition) is 1. The van der Waals surface area contributed by atoms with E-state index in [4.69, 9.17) is 5.11 Å². The zero-order valence-electron chi connectivity index (χ0n) is 12.2. The van der Waals surface area contributed by atoms with Crippen LogP contribution in [0.3, 0.4) is 0 Å². The van der Waals surface area contributed by atoms with E-state index in [2.05, 4.69) is 0 Å². The van der Waals surface area contributed by atoms with Gasteiger partial charge in [0.1, 0.15) is 3.92 Å². The molecule has 0 bridgehead atoms. The van der Waals surface area contributed by atoms with Gasteiger partial charge >= 0.3 is 47.7 Å². The van der Waals surface area contributed by atoms with Crippen LogP contribution in [0, 0.1) is 0 Å². The minimum Gasteiger partial charge on any atom is -0.480 e. The number of aliphatic carboxylic acids is 1. The van der Waals surface area contributed by atoms with Crippen LogP contribution in [0.2, 0.25) is 0 Å². The first-order chi connectivity index (χ1) is 11.8. The van der Waals surface area contributed by atoms with Gasteiger partial charge in [0.25, 0.3) is 0 Å². The Labute approximate surface area is 157 Å². The van der Waals surface area contributed by atoms with Crippen molar-refractivity contribution in [2.75, 3.05) is 0 Å². The van der Waals surface area contributed by atoms with E-state index >= 15 is 0 Å². The summed E-state index contributed by atoms with van der Waals surface area (Å²) in [6.45, 7) is 0. The molecule has 0 saturated carbocycles. The average molecular weight is 568 g/mol. The maximum atomic E-state index is 13.3. The maximum absolute atomic E-state index is 13.3. The number of carboxylic acid groups (broad SMARTS) is 1. The molecule has 2 nitrogen and oxygen atoms in total. The van der Waals surface area contributed by atoms with E-state index in [1.807, 2.05) is 0 Å². The van der Waals surface area contributed by atoms with Gasteiger partial charge in [-0.25, -0.2) is 0 Å². The second-order valence-corrected chi connectivity index (χ2v) is 6.59. The van der Waals surface area contributed by atoms with Crippen molar-refractivity contribution in [3.8, 4) is 0 Å². The molecule has 0 heterocycles. The van der Waals surface area contributed by atoms with Crippen LogP contribution < -0.4 is 0 Å². The SMILES string of the molecule is O=C(O)C(I)CC(F)(F)C(F)(F)C(F)(F)C(F)(F)C(F)(F)C(F)(F)C(F)(F)F. The first-order valence-corrected chi connectivity index (χ1v) is 7.28. The summed E-state index contributed by atoms with van der Waals surface area (Å²) in [5, 5.41) is 8.23. The van der Waals surface area contributed by atoms with Crippen LogP contribution in [0.4, 0.5) is 65.9 Å². The molecule has 0 fully saturated rings. The molecule has 1 N–H and O–H groups in total. The molecule has 28 heavy (non-hydrogen) atoms. The molecule has 0 radical (unpaired) electrons. The first-order valence-electron chi connectivity index (χ1n) is 6.03. The summed E-state index contributed by atoms with van der Waals surface area (Å²) >= 11 is 0.423. The van der Waals surface area contributed by atoms with E-state index in [0.717, 1.165) is 0 Å². The van der Waals surface area contributed by atoms with Crippen LogP contribution in [-0.2, 0) is 4.79 Å². The number of halogens is 16. The minimum atomic E-state index is -8.37. The Bertz CT molecular complexity index is 596. The van der Waals surface area contributed by atoms with Crippen molar-refractivity contribution in [3.05, 3.63) is 0 Å². The first kappa shape index (κ1) is 27.1. The highest BCUT2D eigenvalue weighted by Gasteiger charge is 2.93. The Hall–Kier alpha value is -0.850. The fourth-order valence-corrected chi connectivity index (χ4v) is 1.99. The summed E-state index contributed by atoms with van der Waals surface area (Å²) in [5.41, 5.74) is 0. The molecule has 0 aromatic carbocycles. The second-order valence-electron chi connectivity index (χ2n) is 5.08. The van der Waals surface area contributed by atoms with Crippen molar-refractivity contribution in [2.45, 2.75) is 52.1 Å². The molecule has 168 valence electrons. The predicted molar refractivity (Wildman–Crippen MR) is 65.8 cm³/mol. The molecule has 0 spiro atoms. The third-order valence-corrected chi connectivity index (χ3v) is 4.07. The summed E-state index contributed by atoms with van der Waals surface area (Å²) in [6, 6.07) is 0. The van der Waals surface area contributed by atoms with E-state index in [1.165, 1.54) is 0 Å². The topological polar surface area (TPSA) is 37.3 Å². The van der Waals surface area contributed by atoms with Gasteiger partial charge in [0.15, 0.2) is 0 Å². The summed E-state index contributed by atoms with van der Waals surface area (Å²) in [4.78, 5) is 10.3. The lowest BCUT2D eigenvalue weighted by atomic mass is 9.89. The molecule has 0 aliphatic rings. The molecular weight excluding hydrogens is 564 g/mol. The van der Waals surface area contributed by atoms with Crippen molar-refractivity contribution < 1.29 is 75.8 Å². The van der Waals surface area contributed by atoms with E-state index < -0.39 is 58.0 Å². The molecule has 0 aromatic heterocycles. The minimum absolute atomic E-state index is 0.423. The van der Waals surface area contributed by atoms with Crippen LogP contribution in [0.25, 0.3) is 0 Å². The number of hydrogen-bond donors (Lipinski definition) is 1. The van der Waals surface area contributed by atoms with Crippen molar-refractivity contribution in [1.82, 2.24) is 0 Å². The van der Waals surface area contributed by atoms with Crippen molar-refractivity contribution in [1.29, 1.82) is 0 Å². The van der Waals surface area contributed by atoms with E-state index in [-0.39, 0.29) is 0 Å². The van der Waals surface area contributed by atoms with Gasteiger partial charge in [-0.05, 0) is 0 Å². The fourth-order valence-electron chi connectivity index (χ4n) is 1.44. The van der Waals surface area contributed by atoms with Crippen LogP contribution in [0.15, 0.2) is 0 Å². The van der Waals surface area contributed by atoms with E-state index in [1.54, 1.807) is 0 Å². The second kappa shape index (κ2) is 7.13. The quantitative estimate of drug-likeness (QED) is 0.234. The normalized spacial score (nSPS) is 16.9. The predicted octanol–water partition coefficient (Wildman–Crippen LogP) is 5.64. The van der Waals surface area contributed by atoms with Crippen molar-refractivity contribution in [3.63, 3.8) is 0 Å². The summed E-state index contributed by atoms with van der Waals surface area (Å²) in [7, 11) is 0. The average Bonchev–Trinajstić information content (AvgIpc) is 2.44. The highest BCUT2D eigenvalue weighted by atomic mass is 127. The lowest BCUT2D eigenvalue weighted by molar-refractivity contribution is -0.452. The van der Waals surface area contributed by atoms with Gasteiger partial charge in [0.05, 0.1) is 0 Å². The Kier molecular flexibility index (Phi) is 6.92. The number of rotatable bonds is 8.